The highest BCUT2D eigenvalue weighted by molar-refractivity contribution is 5.78. The van der Waals surface area contributed by atoms with Crippen molar-refractivity contribution in [1.82, 2.24) is 14.9 Å². The first kappa shape index (κ1) is 12.0. The van der Waals surface area contributed by atoms with E-state index in [4.69, 9.17) is 4.74 Å². The van der Waals surface area contributed by atoms with E-state index in [9.17, 15) is 4.79 Å². The summed E-state index contributed by atoms with van der Waals surface area (Å²) in [4.78, 5) is 22.2. The summed E-state index contributed by atoms with van der Waals surface area (Å²) in [5, 5.41) is 0. The zero-order valence-corrected chi connectivity index (χ0v) is 10.0. The molecular formula is C12H17N3O2. The number of nitrogens with zero attached hydrogens (tertiary/aromatic N) is 3. The number of hydrogen-bond acceptors (Lipinski definition) is 4. The highest BCUT2D eigenvalue weighted by Crippen LogP contribution is 2.29. The molecule has 17 heavy (non-hydrogen) atoms. The van der Waals surface area contributed by atoms with Crippen LogP contribution in [0.3, 0.4) is 0 Å². The molecule has 1 atom stereocenters. The van der Waals surface area contributed by atoms with Crippen LogP contribution >= 0.6 is 0 Å². The van der Waals surface area contributed by atoms with Gasteiger partial charge in [0.25, 0.3) is 0 Å². The molecule has 2 rings (SSSR count). The van der Waals surface area contributed by atoms with Crippen molar-refractivity contribution in [3.8, 4) is 0 Å². The van der Waals surface area contributed by atoms with Crippen molar-refractivity contribution < 1.29 is 9.53 Å². The molecule has 0 aromatic carbocycles. The van der Waals surface area contributed by atoms with Gasteiger partial charge in [0.1, 0.15) is 6.61 Å². The van der Waals surface area contributed by atoms with E-state index in [0.29, 0.717) is 0 Å². The molecule has 1 aliphatic rings. The van der Waals surface area contributed by atoms with Gasteiger partial charge in [-0.05, 0) is 19.3 Å². The van der Waals surface area contributed by atoms with Crippen LogP contribution in [0.4, 0.5) is 0 Å². The maximum Gasteiger partial charge on any atom is 0.249 e. The van der Waals surface area contributed by atoms with Gasteiger partial charge in [-0.1, -0.05) is 0 Å². The summed E-state index contributed by atoms with van der Waals surface area (Å²) >= 11 is 0. The predicted molar refractivity (Wildman–Crippen MR) is 62.2 cm³/mol. The van der Waals surface area contributed by atoms with Gasteiger partial charge in [0.05, 0.1) is 17.9 Å². The second kappa shape index (κ2) is 5.72. The van der Waals surface area contributed by atoms with E-state index in [-0.39, 0.29) is 18.6 Å². The lowest BCUT2D eigenvalue weighted by Gasteiger charge is -2.35. The van der Waals surface area contributed by atoms with Crippen LogP contribution in [0.1, 0.15) is 31.0 Å². The Hall–Kier alpha value is -1.49. The minimum absolute atomic E-state index is 0.0304. The second-order valence-electron chi connectivity index (χ2n) is 4.16. The number of piperidine rings is 1. The van der Waals surface area contributed by atoms with Crippen LogP contribution < -0.4 is 0 Å². The van der Waals surface area contributed by atoms with Gasteiger partial charge in [-0.3, -0.25) is 14.8 Å². The topological polar surface area (TPSA) is 55.3 Å². The Morgan fingerprint density at radius 2 is 2.41 bits per heavy atom. The third kappa shape index (κ3) is 2.79. The molecule has 0 radical (unpaired) electrons. The first-order valence-electron chi connectivity index (χ1n) is 5.87. The van der Waals surface area contributed by atoms with Crippen molar-refractivity contribution in [3.05, 3.63) is 24.3 Å². The normalized spacial score (nSPS) is 20.3. The number of methoxy groups -OCH3 is 1. The number of ether oxygens (including phenoxy) is 1. The van der Waals surface area contributed by atoms with Crippen molar-refractivity contribution in [2.75, 3.05) is 20.3 Å². The molecule has 5 nitrogen and oxygen atoms in total. The van der Waals surface area contributed by atoms with Crippen LogP contribution in [-0.4, -0.2) is 41.0 Å². The summed E-state index contributed by atoms with van der Waals surface area (Å²) in [7, 11) is 1.54. The Morgan fingerprint density at radius 3 is 3.12 bits per heavy atom. The minimum atomic E-state index is 0.0304. The van der Waals surface area contributed by atoms with Crippen molar-refractivity contribution in [1.29, 1.82) is 0 Å². The molecule has 0 aliphatic carbocycles. The molecule has 0 saturated carbocycles. The lowest BCUT2D eigenvalue weighted by molar-refractivity contribution is -0.139. The molecule has 2 heterocycles. The first-order chi connectivity index (χ1) is 8.33. The summed E-state index contributed by atoms with van der Waals surface area (Å²) in [5.74, 6) is 0.0304. The maximum absolute atomic E-state index is 11.9. The SMILES string of the molecule is COCC(=O)N1CCCC[C@@H]1c1cnccn1. The molecule has 1 saturated heterocycles. The predicted octanol–water partition coefficient (Wildman–Crippen LogP) is 1.18. The van der Waals surface area contributed by atoms with Gasteiger partial charge in [-0.15, -0.1) is 0 Å². The summed E-state index contributed by atoms with van der Waals surface area (Å²) in [6, 6.07) is 0.0556. The van der Waals surface area contributed by atoms with Gasteiger partial charge in [-0.25, -0.2) is 0 Å². The maximum atomic E-state index is 11.9. The fourth-order valence-electron chi connectivity index (χ4n) is 2.23. The highest BCUT2D eigenvalue weighted by atomic mass is 16.5. The summed E-state index contributed by atoms with van der Waals surface area (Å²) in [6.07, 6.45) is 8.18. The molecule has 0 spiro atoms. The monoisotopic (exact) mass is 235 g/mol. The number of amides is 1. The molecule has 1 aromatic heterocycles. The van der Waals surface area contributed by atoms with E-state index in [1.54, 1.807) is 25.7 Å². The van der Waals surface area contributed by atoms with Crippen LogP contribution in [0.5, 0.6) is 0 Å². The second-order valence-corrected chi connectivity index (χ2v) is 4.16. The van der Waals surface area contributed by atoms with E-state index in [2.05, 4.69) is 9.97 Å². The third-order valence-corrected chi connectivity index (χ3v) is 3.02. The molecule has 1 aromatic rings. The molecule has 0 unspecified atom stereocenters. The number of hydrogen-bond donors (Lipinski definition) is 0. The zero-order chi connectivity index (χ0) is 12.1. The van der Waals surface area contributed by atoms with Crippen molar-refractivity contribution >= 4 is 5.91 Å². The Labute approximate surface area is 101 Å². The lowest BCUT2D eigenvalue weighted by atomic mass is 9.99. The van der Waals surface area contributed by atoms with E-state index in [1.807, 2.05) is 4.90 Å². The Balaban J connectivity index is 2.15. The Kier molecular flexibility index (Phi) is 4.03. The van der Waals surface area contributed by atoms with Gasteiger partial charge in [0.2, 0.25) is 5.91 Å². The third-order valence-electron chi connectivity index (χ3n) is 3.02. The number of carbonyl (C=O) groups is 1. The lowest BCUT2D eigenvalue weighted by Crippen LogP contribution is -2.40. The van der Waals surface area contributed by atoms with Gasteiger partial charge >= 0.3 is 0 Å². The van der Waals surface area contributed by atoms with Crippen LogP contribution in [0.25, 0.3) is 0 Å². The quantitative estimate of drug-likeness (QED) is 0.789. The van der Waals surface area contributed by atoms with Crippen LogP contribution in [0.15, 0.2) is 18.6 Å². The molecule has 92 valence electrons. The van der Waals surface area contributed by atoms with Gasteiger partial charge in [-0.2, -0.15) is 0 Å². The molecular weight excluding hydrogens is 218 g/mol. The number of aromatic nitrogens is 2. The van der Waals surface area contributed by atoms with Gasteiger partial charge in [0, 0.05) is 26.0 Å². The molecule has 0 N–H and O–H groups in total. The fraction of sp³-hybridized carbons (Fsp3) is 0.583. The van der Waals surface area contributed by atoms with Crippen LogP contribution in [-0.2, 0) is 9.53 Å². The smallest absolute Gasteiger partial charge is 0.249 e. The van der Waals surface area contributed by atoms with E-state index in [0.717, 1.165) is 31.5 Å². The van der Waals surface area contributed by atoms with Crippen molar-refractivity contribution in [2.24, 2.45) is 0 Å². The largest absolute Gasteiger partial charge is 0.375 e. The van der Waals surface area contributed by atoms with E-state index < -0.39 is 0 Å². The van der Waals surface area contributed by atoms with Gasteiger partial charge in [0.15, 0.2) is 0 Å². The fourth-order valence-corrected chi connectivity index (χ4v) is 2.23. The van der Waals surface area contributed by atoms with Crippen LogP contribution in [0.2, 0.25) is 0 Å². The number of likely N-dealkylation sites (tertiary alicyclic amines) is 1. The van der Waals surface area contributed by atoms with Crippen molar-refractivity contribution in [2.45, 2.75) is 25.3 Å². The summed E-state index contributed by atoms with van der Waals surface area (Å²) < 4.78 is 4.91. The minimum Gasteiger partial charge on any atom is -0.375 e. The highest BCUT2D eigenvalue weighted by Gasteiger charge is 2.28. The molecule has 1 aliphatic heterocycles. The van der Waals surface area contributed by atoms with Gasteiger partial charge < -0.3 is 9.64 Å². The number of rotatable bonds is 3. The average molecular weight is 235 g/mol. The van der Waals surface area contributed by atoms with E-state index >= 15 is 0 Å². The summed E-state index contributed by atoms with van der Waals surface area (Å²) in [6.45, 7) is 0.917. The van der Waals surface area contributed by atoms with E-state index in [1.165, 1.54) is 0 Å². The van der Waals surface area contributed by atoms with Crippen LogP contribution in [0, 0.1) is 0 Å². The number of carbonyl (C=O) groups excluding carboxylic acids is 1. The molecule has 0 bridgehead atoms. The molecule has 1 amide bonds. The first-order valence-corrected chi connectivity index (χ1v) is 5.87. The Bertz CT molecular complexity index is 369. The molecule has 5 heteroatoms. The summed E-state index contributed by atoms with van der Waals surface area (Å²) in [5.41, 5.74) is 0.872. The zero-order valence-electron chi connectivity index (χ0n) is 10.0. The Morgan fingerprint density at radius 1 is 1.53 bits per heavy atom. The average Bonchev–Trinajstić information content (AvgIpc) is 2.40. The molecule has 1 fully saturated rings. The van der Waals surface area contributed by atoms with Crippen molar-refractivity contribution in [3.63, 3.8) is 0 Å². The standard InChI is InChI=1S/C12H17N3O2/c1-17-9-12(16)15-7-3-2-4-11(15)10-8-13-5-6-14-10/h5-6,8,11H,2-4,7,9H2,1H3/t11-/m1/s1.